The molecule has 13 heavy (non-hydrogen) atoms. The van der Waals surface area contributed by atoms with Crippen LogP contribution in [0.2, 0.25) is 0 Å². The topological polar surface area (TPSA) is 74.6 Å². The van der Waals surface area contributed by atoms with Crippen molar-refractivity contribution in [3.05, 3.63) is 0 Å². The molecule has 0 aliphatic heterocycles. The summed E-state index contributed by atoms with van der Waals surface area (Å²) >= 11 is 1.37. The zero-order valence-electron chi connectivity index (χ0n) is 7.74. The van der Waals surface area contributed by atoms with Crippen molar-refractivity contribution in [3.8, 4) is 0 Å². The molecule has 0 aliphatic rings. The summed E-state index contributed by atoms with van der Waals surface area (Å²) in [6.07, 6.45) is 0.130. The van der Waals surface area contributed by atoms with E-state index in [2.05, 4.69) is 0 Å². The number of hydrogen-bond donors (Lipinski definition) is 2. The summed E-state index contributed by atoms with van der Waals surface area (Å²) in [4.78, 5) is 20.6. The fourth-order valence-electron chi connectivity index (χ4n) is 0.830. The van der Waals surface area contributed by atoms with E-state index in [-0.39, 0.29) is 17.6 Å². The minimum Gasteiger partial charge on any atom is -0.481 e. The molecule has 4 nitrogen and oxygen atoms in total. The van der Waals surface area contributed by atoms with Crippen LogP contribution in [0.3, 0.4) is 0 Å². The van der Waals surface area contributed by atoms with Crippen molar-refractivity contribution in [2.75, 3.05) is 5.75 Å². The van der Waals surface area contributed by atoms with E-state index in [4.69, 9.17) is 10.2 Å². The SMILES string of the molecule is CC(C)(CC(=O)O)SCCC(=O)O. The van der Waals surface area contributed by atoms with Gasteiger partial charge in [0.1, 0.15) is 0 Å². The average molecular weight is 206 g/mol. The predicted octanol–water partition coefficient (Wildman–Crippen LogP) is 1.45. The number of thioether (sulfide) groups is 1. The standard InChI is InChI=1S/C8H14O4S/c1-8(2,5-7(11)12)13-4-3-6(9)10/h3-5H2,1-2H3,(H,9,10)(H,11,12). The van der Waals surface area contributed by atoms with Crippen molar-refractivity contribution in [2.45, 2.75) is 31.4 Å². The number of carbonyl (C=O) groups is 2. The van der Waals surface area contributed by atoms with Crippen LogP contribution in [0.5, 0.6) is 0 Å². The van der Waals surface area contributed by atoms with E-state index >= 15 is 0 Å². The number of rotatable bonds is 6. The normalized spacial score (nSPS) is 11.2. The summed E-state index contributed by atoms with van der Waals surface area (Å²) in [6, 6.07) is 0. The van der Waals surface area contributed by atoms with Crippen LogP contribution in [-0.4, -0.2) is 32.7 Å². The zero-order chi connectivity index (χ0) is 10.5. The van der Waals surface area contributed by atoms with Crippen molar-refractivity contribution in [1.29, 1.82) is 0 Å². The smallest absolute Gasteiger partial charge is 0.304 e. The number of carboxylic acids is 2. The fourth-order valence-corrected chi connectivity index (χ4v) is 1.88. The molecule has 0 rings (SSSR count). The van der Waals surface area contributed by atoms with Crippen molar-refractivity contribution >= 4 is 23.7 Å². The molecule has 0 bridgehead atoms. The molecule has 0 radical (unpaired) electrons. The van der Waals surface area contributed by atoms with E-state index in [0.29, 0.717) is 5.75 Å². The van der Waals surface area contributed by atoms with Gasteiger partial charge in [0.15, 0.2) is 0 Å². The van der Waals surface area contributed by atoms with Crippen LogP contribution < -0.4 is 0 Å². The van der Waals surface area contributed by atoms with Gasteiger partial charge in [-0.2, -0.15) is 11.8 Å². The maximum Gasteiger partial charge on any atom is 0.304 e. The third-order valence-electron chi connectivity index (χ3n) is 1.39. The number of hydrogen-bond acceptors (Lipinski definition) is 3. The van der Waals surface area contributed by atoms with Crippen molar-refractivity contribution in [2.24, 2.45) is 0 Å². The summed E-state index contributed by atoms with van der Waals surface area (Å²) in [5.74, 6) is -1.25. The third kappa shape index (κ3) is 7.64. The van der Waals surface area contributed by atoms with Gasteiger partial charge in [-0.05, 0) is 0 Å². The summed E-state index contributed by atoms with van der Waals surface area (Å²) < 4.78 is -0.388. The Kier molecular flexibility index (Phi) is 4.83. The lowest BCUT2D eigenvalue weighted by atomic mass is 10.1. The molecule has 0 saturated carbocycles. The highest BCUT2D eigenvalue weighted by atomic mass is 32.2. The van der Waals surface area contributed by atoms with Gasteiger partial charge in [0.25, 0.3) is 0 Å². The molecule has 5 heteroatoms. The highest BCUT2D eigenvalue weighted by Crippen LogP contribution is 2.28. The quantitative estimate of drug-likeness (QED) is 0.688. The van der Waals surface area contributed by atoms with Crippen molar-refractivity contribution in [1.82, 2.24) is 0 Å². The second kappa shape index (κ2) is 5.11. The van der Waals surface area contributed by atoms with Crippen molar-refractivity contribution in [3.63, 3.8) is 0 Å². The Labute approximate surface area is 81.3 Å². The number of aliphatic carboxylic acids is 2. The first-order valence-electron chi connectivity index (χ1n) is 3.91. The number of carboxylic acid groups (broad SMARTS) is 2. The molecule has 0 aromatic carbocycles. The largest absolute Gasteiger partial charge is 0.481 e. The predicted molar refractivity (Wildman–Crippen MR) is 51.0 cm³/mol. The average Bonchev–Trinajstić information content (AvgIpc) is 1.81. The summed E-state index contributed by atoms with van der Waals surface area (Å²) in [6.45, 7) is 3.60. The van der Waals surface area contributed by atoms with Crippen LogP contribution in [0.4, 0.5) is 0 Å². The zero-order valence-corrected chi connectivity index (χ0v) is 8.56. The van der Waals surface area contributed by atoms with Gasteiger partial charge in [-0.15, -0.1) is 0 Å². The van der Waals surface area contributed by atoms with E-state index in [1.165, 1.54) is 11.8 Å². The Morgan fingerprint density at radius 3 is 2.15 bits per heavy atom. The van der Waals surface area contributed by atoms with E-state index < -0.39 is 11.9 Å². The van der Waals surface area contributed by atoms with Gasteiger partial charge < -0.3 is 10.2 Å². The third-order valence-corrected chi connectivity index (χ3v) is 2.72. The Balaban J connectivity index is 3.75. The molecule has 0 aliphatic carbocycles. The Morgan fingerprint density at radius 1 is 1.23 bits per heavy atom. The Hall–Kier alpha value is -0.710. The molecular formula is C8H14O4S. The molecule has 2 N–H and O–H groups in total. The Bertz CT molecular complexity index is 200. The maximum absolute atomic E-state index is 10.4. The van der Waals surface area contributed by atoms with Gasteiger partial charge in [-0.25, -0.2) is 0 Å². The molecule has 0 aromatic heterocycles. The molecular weight excluding hydrogens is 192 g/mol. The van der Waals surface area contributed by atoms with E-state index in [1.54, 1.807) is 13.8 Å². The van der Waals surface area contributed by atoms with Crippen LogP contribution >= 0.6 is 11.8 Å². The monoisotopic (exact) mass is 206 g/mol. The van der Waals surface area contributed by atoms with E-state index in [0.717, 1.165) is 0 Å². The summed E-state index contributed by atoms with van der Waals surface area (Å²) in [5.41, 5.74) is 0. The van der Waals surface area contributed by atoms with Gasteiger partial charge in [0, 0.05) is 10.5 Å². The van der Waals surface area contributed by atoms with E-state index in [1.807, 2.05) is 0 Å². The first-order chi connectivity index (χ1) is 5.83. The molecule has 0 atom stereocenters. The molecule has 0 fully saturated rings. The van der Waals surface area contributed by atoms with Gasteiger partial charge in [0.2, 0.25) is 0 Å². The molecule has 0 heterocycles. The highest BCUT2D eigenvalue weighted by Gasteiger charge is 2.22. The van der Waals surface area contributed by atoms with Gasteiger partial charge in [-0.3, -0.25) is 9.59 Å². The minimum atomic E-state index is -0.854. The lowest BCUT2D eigenvalue weighted by Crippen LogP contribution is -2.20. The van der Waals surface area contributed by atoms with Gasteiger partial charge in [-0.1, -0.05) is 13.8 Å². The first kappa shape index (κ1) is 12.3. The molecule has 0 saturated heterocycles. The van der Waals surface area contributed by atoms with Crippen LogP contribution in [0.25, 0.3) is 0 Å². The van der Waals surface area contributed by atoms with Crippen LogP contribution in [0, 0.1) is 0 Å². The Morgan fingerprint density at radius 2 is 1.77 bits per heavy atom. The second-order valence-corrected chi connectivity index (χ2v) is 5.12. The van der Waals surface area contributed by atoms with Crippen LogP contribution in [0.15, 0.2) is 0 Å². The first-order valence-corrected chi connectivity index (χ1v) is 4.89. The summed E-state index contributed by atoms with van der Waals surface area (Å²) in [7, 11) is 0. The van der Waals surface area contributed by atoms with Gasteiger partial charge >= 0.3 is 11.9 Å². The molecule has 0 spiro atoms. The molecule has 0 amide bonds. The van der Waals surface area contributed by atoms with Crippen molar-refractivity contribution < 1.29 is 19.8 Å². The van der Waals surface area contributed by atoms with Gasteiger partial charge in [0.05, 0.1) is 12.8 Å². The molecule has 76 valence electrons. The lowest BCUT2D eigenvalue weighted by Gasteiger charge is -2.20. The maximum atomic E-state index is 10.4. The highest BCUT2D eigenvalue weighted by molar-refractivity contribution is 8.00. The molecule has 0 aromatic rings. The fraction of sp³-hybridized carbons (Fsp3) is 0.750. The molecule has 0 unspecified atom stereocenters. The van der Waals surface area contributed by atoms with Crippen LogP contribution in [-0.2, 0) is 9.59 Å². The van der Waals surface area contributed by atoms with E-state index in [9.17, 15) is 9.59 Å². The summed E-state index contributed by atoms with van der Waals surface area (Å²) in [5, 5.41) is 16.9. The minimum absolute atomic E-state index is 0.0529. The second-order valence-electron chi connectivity index (χ2n) is 3.32. The van der Waals surface area contributed by atoms with Crippen LogP contribution in [0.1, 0.15) is 26.7 Å². The lowest BCUT2D eigenvalue weighted by molar-refractivity contribution is -0.138.